The molecule has 11 heteroatoms. The molecule has 0 saturated heterocycles. The molecular formula is C28H33F3N4O3S. The summed E-state index contributed by atoms with van der Waals surface area (Å²) in [6.45, 7) is 0.805. The molecule has 1 aliphatic heterocycles. The van der Waals surface area contributed by atoms with E-state index in [2.05, 4.69) is 14.9 Å². The number of hydrogen-bond donors (Lipinski definition) is 1. The second-order valence-corrected chi connectivity index (χ2v) is 12.3. The number of sulfonamides is 1. The van der Waals surface area contributed by atoms with Crippen molar-refractivity contribution in [1.29, 1.82) is 0 Å². The molecule has 1 aromatic heterocycles. The molecule has 1 saturated carbocycles. The van der Waals surface area contributed by atoms with Gasteiger partial charge in [-0.05, 0) is 66.8 Å². The zero-order valence-corrected chi connectivity index (χ0v) is 22.6. The topological polar surface area (TPSA) is 78.5 Å². The summed E-state index contributed by atoms with van der Waals surface area (Å²) in [6.07, 6.45) is 5.46. The number of ether oxygens (including phenoxy) is 1. The Bertz CT molecular complexity index is 1360. The highest BCUT2D eigenvalue weighted by Crippen LogP contribution is 2.37. The molecule has 0 spiro atoms. The Morgan fingerprint density at radius 1 is 1.08 bits per heavy atom. The van der Waals surface area contributed by atoms with E-state index in [4.69, 9.17) is 4.74 Å². The third-order valence-corrected chi connectivity index (χ3v) is 9.72. The number of nitrogens with zero attached hydrogens (tertiary/aromatic N) is 3. The Morgan fingerprint density at radius 3 is 2.46 bits per heavy atom. The van der Waals surface area contributed by atoms with Crippen LogP contribution in [-0.4, -0.2) is 42.4 Å². The van der Waals surface area contributed by atoms with Gasteiger partial charge in [-0.25, -0.2) is 13.4 Å². The molecule has 3 aromatic rings. The van der Waals surface area contributed by atoms with Gasteiger partial charge in [-0.15, -0.1) is 0 Å². The first-order valence-corrected chi connectivity index (χ1v) is 14.7. The van der Waals surface area contributed by atoms with Crippen LogP contribution in [0.2, 0.25) is 0 Å². The van der Waals surface area contributed by atoms with E-state index in [1.165, 1.54) is 30.0 Å². The molecule has 210 valence electrons. The first kappa shape index (κ1) is 27.5. The number of rotatable bonds is 8. The average Bonchev–Trinajstić information content (AvgIpc) is 3.61. The lowest BCUT2D eigenvalue weighted by molar-refractivity contribution is -0.137. The van der Waals surface area contributed by atoms with Crippen molar-refractivity contribution >= 4 is 15.7 Å². The molecule has 1 aliphatic carbocycles. The fourth-order valence-corrected chi connectivity index (χ4v) is 7.23. The summed E-state index contributed by atoms with van der Waals surface area (Å²) in [5.74, 6) is 1.23. The van der Waals surface area contributed by atoms with E-state index >= 15 is 0 Å². The van der Waals surface area contributed by atoms with E-state index in [-0.39, 0.29) is 24.0 Å². The summed E-state index contributed by atoms with van der Waals surface area (Å²) in [5.41, 5.74) is 1.70. The second-order valence-electron chi connectivity index (χ2n) is 10.4. The monoisotopic (exact) mass is 562 g/mol. The van der Waals surface area contributed by atoms with Gasteiger partial charge in [-0.1, -0.05) is 25.7 Å². The van der Waals surface area contributed by atoms with Crippen LogP contribution in [-0.2, 0) is 29.3 Å². The molecule has 1 N–H and O–H groups in total. The van der Waals surface area contributed by atoms with Gasteiger partial charge in [-0.3, -0.25) is 0 Å². The molecule has 1 fully saturated rings. The Kier molecular flexibility index (Phi) is 7.91. The molecule has 1 atom stereocenters. The minimum absolute atomic E-state index is 0.0787. The first-order chi connectivity index (χ1) is 18.6. The molecule has 0 bridgehead atoms. The highest BCUT2D eigenvalue weighted by molar-refractivity contribution is 7.89. The van der Waals surface area contributed by atoms with E-state index in [9.17, 15) is 21.6 Å². The molecule has 5 rings (SSSR count). The third-order valence-electron chi connectivity index (χ3n) is 7.90. The number of fused-ring (bicyclic) bond motifs is 1. The zero-order valence-electron chi connectivity index (χ0n) is 21.8. The van der Waals surface area contributed by atoms with Crippen LogP contribution in [0, 0.1) is 5.92 Å². The van der Waals surface area contributed by atoms with Crippen LogP contribution in [0.15, 0.2) is 59.9 Å². The number of imidazole rings is 1. The average molecular weight is 563 g/mol. The number of hydrogen-bond acceptors (Lipinski definition) is 5. The molecule has 7 nitrogen and oxygen atoms in total. The number of nitrogens with one attached hydrogen (secondary N) is 1. The predicted octanol–water partition coefficient (Wildman–Crippen LogP) is 5.99. The fourth-order valence-electron chi connectivity index (χ4n) is 5.77. The Hall–Kier alpha value is -3.05. The number of H-pyrrole nitrogens is 1. The van der Waals surface area contributed by atoms with E-state index in [0.29, 0.717) is 18.2 Å². The Labute approximate surface area is 227 Å². The summed E-state index contributed by atoms with van der Waals surface area (Å²) in [4.78, 5) is 9.40. The molecule has 2 aliphatic rings. The van der Waals surface area contributed by atoms with Crippen LogP contribution < -0.4 is 9.64 Å². The highest BCUT2D eigenvalue weighted by atomic mass is 32.2. The van der Waals surface area contributed by atoms with Crippen molar-refractivity contribution in [2.24, 2.45) is 5.92 Å². The number of halogens is 3. The van der Waals surface area contributed by atoms with Gasteiger partial charge < -0.3 is 14.6 Å². The van der Waals surface area contributed by atoms with Gasteiger partial charge in [0.2, 0.25) is 10.0 Å². The van der Waals surface area contributed by atoms with Crippen molar-refractivity contribution in [2.75, 3.05) is 18.6 Å². The van der Waals surface area contributed by atoms with Gasteiger partial charge in [-0.2, -0.15) is 17.5 Å². The van der Waals surface area contributed by atoms with Crippen LogP contribution in [0.4, 0.5) is 18.9 Å². The zero-order chi connectivity index (χ0) is 27.6. The van der Waals surface area contributed by atoms with Gasteiger partial charge in [0.15, 0.2) is 0 Å². The maximum Gasteiger partial charge on any atom is 0.416 e. The fraction of sp³-hybridized carbons (Fsp3) is 0.464. The van der Waals surface area contributed by atoms with E-state index in [0.717, 1.165) is 54.1 Å². The summed E-state index contributed by atoms with van der Waals surface area (Å²) < 4.78 is 74.0. The van der Waals surface area contributed by atoms with Crippen LogP contribution in [0.3, 0.4) is 0 Å². The van der Waals surface area contributed by atoms with Crippen LogP contribution in [0.25, 0.3) is 0 Å². The second kappa shape index (κ2) is 11.2. The molecular weight excluding hydrogens is 529 g/mol. The number of alkyl halides is 3. The lowest BCUT2D eigenvalue weighted by atomic mass is 9.97. The lowest BCUT2D eigenvalue weighted by Crippen LogP contribution is -2.43. The van der Waals surface area contributed by atoms with Gasteiger partial charge in [0.05, 0.1) is 36.1 Å². The highest BCUT2D eigenvalue weighted by Gasteiger charge is 2.36. The number of benzene rings is 2. The predicted molar refractivity (Wildman–Crippen MR) is 142 cm³/mol. The van der Waals surface area contributed by atoms with Gasteiger partial charge in [0, 0.05) is 31.0 Å². The van der Waals surface area contributed by atoms with E-state index in [1.54, 1.807) is 19.6 Å². The van der Waals surface area contributed by atoms with Crippen LogP contribution in [0.5, 0.6) is 5.75 Å². The quantitative estimate of drug-likeness (QED) is 0.365. The SMILES string of the molecule is COc1ccc2c(c1)CN(S(=O)(=O)c1ccc(C(F)(F)F)cc1)CC(CCC1CCCC1)N2Cc1cnc[nH]1. The van der Waals surface area contributed by atoms with Crippen molar-refractivity contribution in [3.05, 3.63) is 71.8 Å². The van der Waals surface area contributed by atoms with Crippen molar-refractivity contribution in [1.82, 2.24) is 14.3 Å². The minimum Gasteiger partial charge on any atom is -0.497 e. The third kappa shape index (κ3) is 6.09. The largest absolute Gasteiger partial charge is 0.497 e. The van der Waals surface area contributed by atoms with Gasteiger partial charge >= 0.3 is 6.18 Å². The van der Waals surface area contributed by atoms with E-state index in [1.807, 2.05) is 18.2 Å². The smallest absolute Gasteiger partial charge is 0.416 e. The summed E-state index contributed by atoms with van der Waals surface area (Å²) in [6, 6.07) is 9.26. The van der Waals surface area contributed by atoms with E-state index < -0.39 is 21.8 Å². The van der Waals surface area contributed by atoms with Crippen LogP contribution >= 0.6 is 0 Å². The van der Waals surface area contributed by atoms with Crippen molar-refractivity contribution < 1.29 is 26.3 Å². The van der Waals surface area contributed by atoms with Gasteiger partial charge in [0.1, 0.15) is 5.75 Å². The Morgan fingerprint density at radius 2 is 1.82 bits per heavy atom. The first-order valence-electron chi connectivity index (χ1n) is 13.2. The number of methoxy groups -OCH3 is 1. The Balaban J connectivity index is 1.53. The molecule has 2 aromatic carbocycles. The summed E-state index contributed by atoms with van der Waals surface area (Å²) in [5, 5.41) is 0. The normalized spacial score (nSPS) is 19.2. The molecule has 0 amide bonds. The van der Waals surface area contributed by atoms with Crippen LogP contribution in [0.1, 0.15) is 55.3 Å². The minimum atomic E-state index is -4.54. The molecule has 0 radical (unpaired) electrons. The molecule has 1 unspecified atom stereocenters. The molecule has 39 heavy (non-hydrogen) atoms. The van der Waals surface area contributed by atoms with Crippen molar-refractivity contribution in [2.45, 2.75) is 68.7 Å². The maximum atomic E-state index is 13.9. The molecule has 2 heterocycles. The maximum absolute atomic E-state index is 13.9. The standard InChI is InChI=1S/C28H33F3N4O3S/c1-38-25-10-13-27-21(14-25)16-34(39(36,37)26-11-7-22(8-12-26)28(29,30)31)18-24(9-6-20-4-2-3-5-20)35(27)17-23-15-32-19-33-23/h7-8,10-15,19-20,24H,2-6,9,16-18H2,1H3,(H,32,33). The van der Waals surface area contributed by atoms with Crippen molar-refractivity contribution in [3.63, 3.8) is 0 Å². The summed E-state index contributed by atoms with van der Waals surface area (Å²) in [7, 11) is -2.53. The summed E-state index contributed by atoms with van der Waals surface area (Å²) >= 11 is 0. The van der Waals surface area contributed by atoms with Gasteiger partial charge in [0.25, 0.3) is 0 Å². The number of anilines is 1. The number of aromatic nitrogens is 2. The lowest BCUT2D eigenvalue weighted by Gasteiger charge is -2.34. The van der Waals surface area contributed by atoms with Crippen molar-refractivity contribution in [3.8, 4) is 5.75 Å². The number of aromatic amines is 1.